The first-order chi connectivity index (χ1) is 21.1. The summed E-state index contributed by atoms with van der Waals surface area (Å²) >= 11 is 0. The van der Waals surface area contributed by atoms with Crippen LogP contribution in [0.4, 0.5) is 5.69 Å². The SMILES string of the molecule is Cc1ccc(S(=O)(=O)c2n[nH]n3c2nc(=O)c2ccc(N4CCN(CC(=O)NCCN5CCN(C)CC5)CC4)cc23)c(C)c1. The fraction of sp³-hybridized carbons (Fsp3) is 0.467. The molecule has 4 heterocycles. The van der Waals surface area contributed by atoms with Gasteiger partial charge in [-0.15, -0.1) is 5.10 Å². The van der Waals surface area contributed by atoms with E-state index in [2.05, 4.69) is 47.3 Å². The predicted octanol–water partition coefficient (Wildman–Crippen LogP) is 0.506. The minimum atomic E-state index is -4.03. The summed E-state index contributed by atoms with van der Waals surface area (Å²) in [5.74, 6) is 0.0402. The number of nitrogens with zero attached hydrogens (tertiary/aromatic N) is 7. The second-order valence-corrected chi connectivity index (χ2v) is 13.7. The number of aromatic amines is 1. The number of sulfone groups is 1. The molecule has 4 aromatic rings. The first-order valence-corrected chi connectivity index (χ1v) is 16.5. The summed E-state index contributed by atoms with van der Waals surface area (Å²) in [7, 11) is -1.90. The highest BCUT2D eigenvalue weighted by molar-refractivity contribution is 7.91. The number of likely N-dealkylation sites (N-methyl/N-ethyl adjacent to an activating group) is 1. The Morgan fingerprint density at radius 2 is 1.68 bits per heavy atom. The average molecular weight is 622 g/mol. The van der Waals surface area contributed by atoms with Crippen LogP contribution in [0, 0.1) is 13.8 Å². The summed E-state index contributed by atoms with van der Waals surface area (Å²) < 4.78 is 28.6. The smallest absolute Gasteiger partial charge is 0.281 e. The van der Waals surface area contributed by atoms with Gasteiger partial charge in [0.15, 0.2) is 5.65 Å². The Hall–Kier alpha value is -3.85. The number of carbonyl (C=O) groups excluding carboxylic acids is 1. The van der Waals surface area contributed by atoms with Gasteiger partial charge in [-0.05, 0) is 50.7 Å². The van der Waals surface area contributed by atoms with Crippen LogP contribution in [0.2, 0.25) is 0 Å². The number of amides is 1. The van der Waals surface area contributed by atoms with Gasteiger partial charge in [-0.2, -0.15) is 4.98 Å². The van der Waals surface area contributed by atoms with Gasteiger partial charge in [0.05, 0.1) is 22.3 Å². The molecule has 14 heteroatoms. The third-order valence-electron chi connectivity index (χ3n) is 8.64. The van der Waals surface area contributed by atoms with Crippen LogP contribution in [0.15, 0.2) is 51.1 Å². The first-order valence-electron chi connectivity index (χ1n) is 15.0. The van der Waals surface area contributed by atoms with E-state index in [4.69, 9.17) is 0 Å². The fourth-order valence-electron chi connectivity index (χ4n) is 6.03. The number of rotatable bonds is 8. The summed E-state index contributed by atoms with van der Waals surface area (Å²) in [5.41, 5.74) is 2.37. The Morgan fingerprint density at radius 1 is 0.955 bits per heavy atom. The van der Waals surface area contributed by atoms with Crippen LogP contribution in [0.1, 0.15) is 11.1 Å². The minimum absolute atomic E-state index is 0.0388. The molecule has 2 aromatic carbocycles. The molecular weight excluding hydrogens is 582 g/mol. The van der Waals surface area contributed by atoms with Crippen LogP contribution < -0.4 is 15.8 Å². The Labute approximate surface area is 256 Å². The standard InChI is InChI=1S/C30H39N9O4S/c1-21-4-7-26(22(2)18-21)44(42,43)30-28-32-29(41)24-6-5-23(19-25(24)39(28)34-33-30)38-16-14-37(15-17-38)20-27(40)31-8-9-36-12-10-35(3)11-13-36/h4-7,18-19,34H,8-17,20H2,1-3H3,(H,31,40). The molecule has 2 aromatic heterocycles. The summed E-state index contributed by atoms with van der Waals surface area (Å²) in [6.45, 7) is 12.6. The van der Waals surface area contributed by atoms with E-state index in [9.17, 15) is 18.0 Å². The molecule has 0 aliphatic carbocycles. The van der Waals surface area contributed by atoms with Crippen LogP contribution in [0.5, 0.6) is 0 Å². The predicted molar refractivity (Wildman–Crippen MR) is 168 cm³/mol. The molecule has 1 amide bonds. The lowest BCUT2D eigenvalue weighted by molar-refractivity contribution is -0.122. The van der Waals surface area contributed by atoms with Gasteiger partial charge in [-0.1, -0.05) is 17.7 Å². The molecule has 0 unspecified atom stereocenters. The number of carbonyl (C=O) groups is 1. The molecule has 0 spiro atoms. The van der Waals surface area contributed by atoms with E-state index < -0.39 is 15.4 Å². The van der Waals surface area contributed by atoms with Crippen LogP contribution in [-0.4, -0.2) is 128 Å². The van der Waals surface area contributed by atoms with E-state index in [0.29, 0.717) is 42.6 Å². The molecule has 0 radical (unpaired) electrons. The number of benzene rings is 2. The molecule has 0 saturated carbocycles. The van der Waals surface area contributed by atoms with Gasteiger partial charge >= 0.3 is 0 Å². The number of piperazine rings is 2. The largest absolute Gasteiger partial charge is 0.369 e. The van der Waals surface area contributed by atoms with Crippen molar-refractivity contribution in [2.45, 2.75) is 23.8 Å². The molecule has 2 aliphatic rings. The first kappa shape index (κ1) is 30.2. The summed E-state index contributed by atoms with van der Waals surface area (Å²) in [6, 6.07) is 10.5. The lowest BCUT2D eigenvalue weighted by Crippen LogP contribution is -2.50. The third kappa shape index (κ3) is 6.07. The molecule has 6 rings (SSSR count). The third-order valence-corrected chi connectivity index (χ3v) is 10.5. The van der Waals surface area contributed by atoms with Crippen molar-refractivity contribution in [3.05, 3.63) is 57.9 Å². The van der Waals surface area contributed by atoms with Crippen LogP contribution >= 0.6 is 0 Å². The monoisotopic (exact) mass is 621 g/mol. The number of aromatic nitrogens is 4. The van der Waals surface area contributed by atoms with Gasteiger partial charge in [0, 0.05) is 71.1 Å². The number of fused-ring (bicyclic) bond motifs is 3. The molecule has 0 bridgehead atoms. The number of hydrogen-bond donors (Lipinski definition) is 2. The highest BCUT2D eigenvalue weighted by atomic mass is 32.2. The van der Waals surface area contributed by atoms with E-state index in [1.165, 1.54) is 4.52 Å². The summed E-state index contributed by atoms with van der Waals surface area (Å²) in [4.78, 5) is 38.9. The Kier molecular flexibility index (Phi) is 8.42. The maximum absolute atomic E-state index is 13.6. The Balaban J connectivity index is 1.13. The van der Waals surface area contributed by atoms with Gasteiger partial charge in [0.1, 0.15) is 0 Å². The molecule has 2 saturated heterocycles. The van der Waals surface area contributed by atoms with Gasteiger partial charge in [0.25, 0.3) is 5.56 Å². The number of hydrogen-bond acceptors (Lipinski definition) is 10. The van der Waals surface area contributed by atoms with E-state index in [0.717, 1.165) is 57.1 Å². The van der Waals surface area contributed by atoms with Gasteiger partial charge in [-0.25, -0.2) is 18.1 Å². The molecule has 0 atom stereocenters. The topological polar surface area (TPSA) is 139 Å². The maximum Gasteiger partial charge on any atom is 0.281 e. The molecule has 13 nitrogen and oxygen atoms in total. The Morgan fingerprint density at radius 3 is 2.41 bits per heavy atom. The molecule has 2 aliphatic heterocycles. The number of aryl methyl sites for hydroxylation is 2. The lowest BCUT2D eigenvalue weighted by atomic mass is 10.2. The lowest BCUT2D eigenvalue weighted by Gasteiger charge is -2.36. The van der Waals surface area contributed by atoms with E-state index >= 15 is 0 Å². The zero-order valence-electron chi connectivity index (χ0n) is 25.4. The van der Waals surface area contributed by atoms with Crippen molar-refractivity contribution in [1.29, 1.82) is 0 Å². The average Bonchev–Trinajstić information content (AvgIpc) is 3.43. The summed E-state index contributed by atoms with van der Waals surface area (Å²) in [5, 5.41) is 10.0. The zero-order valence-corrected chi connectivity index (χ0v) is 26.2. The van der Waals surface area contributed by atoms with Crippen molar-refractivity contribution in [3.63, 3.8) is 0 Å². The van der Waals surface area contributed by atoms with Crippen molar-refractivity contribution in [2.24, 2.45) is 0 Å². The normalized spacial score (nSPS) is 17.5. The highest BCUT2D eigenvalue weighted by Gasteiger charge is 2.28. The second-order valence-electron chi connectivity index (χ2n) is 11.8. The number of nitrogens with one attached hydrogen (secondary N) is 2. The zero-order chi connectivity index (χ0) is 31.0. The molecule has 234 valence electrons. The molecule has 2 N–H and O–H groups in total. The Bertz CT molecular complexity index is 1850. The minimum Gasteiger partial charge on any atom is -0.369 e. The number of anilines is 1. The van der Waals surface area contributed by atoms with Crippen molar-refractivity contribution in [3.8, 4) is 0 Å². The van der Waals surface area contributed by atoms with Crippen LogP contribution in [-0.2, 0) is 14.6 Å². The highest BCUT2D eigenvalue weighted by Crippen LogP contribution is 2.27. The van der Waals surface area contributed by atoms with E-state index in [1.54, 1.807) is 31.2 Å². The quantitative estimate of drug-likeness (QED) is 0.286. The molecular formula is C30H39N9O4S. The molecule has 44 heavy (non-hydrogen) atoms. The van der Waals surface area contributed by atoms with Gasteiger partial charge < -0.3 is 15.1 Å². The van der Waals surface area contributed by atoms with Crippen LogP contribution in [0.3, 0.4) is 0 Å². The van der Waals surface area contributed by atoms with Crippen LogP contribution in [0.25, 0.3) is 16.6 Å². The number of H-pyrrole nitrogens is 1. The second kappa shape index (κ2) is 12.3. The molecule has 2 fully saturated rings. The van der Waals surface area contributed by atoms with Crippen molar-refractivity contribution in [1.82, 2.24) is 39.8 Å². The van der Waals surface area contributed by atoms with Gasteiger partial charge in [0.2, 0.25) is 20.8 Å². The fourth-order valence-corrected chi connectivity index (χ4v) is 7.50. The van der Waals surface area contributed by atoms with E-state index in [1.807, 2.05) is 19.1 Å². The maximum atomic E-state index is 13.6. The van der Waals surface area contributed by atoms with Crippen molar-refractivity contribution < 1.29 is 13.2 Å². The van der Waals surface area contributed by atoms with Crippen molar-refractivity contribution >= 4 is 38.0 Å². The summed E-state index contributed by atoms with van der Waals surface area (Å²) in [6.07, 6.45) is 0. The van der Waals surface area contributed by atoms with Gasteiger partial charge in [-0.3, -0.25) is 19.4 Å². The van der Waals surface area contributed by atoms with Crippen molar-refractivity contribution in [2.75, 3.05) is 83.9 Å². The van der Waals surface area contributed by atoms with E-state index in [-0.39, 0.29) is 21.5 Å².